The molecule has 0 unspecified atom stereocenters. The summed E-state index contributed by atoms with van der Waals surface area (Å²) >= 11 is 0. The van der Waals surface area contributed by atoms with E-state index in [1.165, 1.54) is 5.56 Å². The van der Waals surface area contributed by atoms with E-state index in [1.54, 1.807) is 10.7 Å². The summed E-state index contributed by atoms with van der Waals surface area (Å²) in [5.41, 5.74) is 6.82. The minimum absolute atomic E-state index is 0.549. The van der Waals surface area contributed by atoms with Gasteiger partial charge in [0.25, 0.3) is 0 Å². The van der Waals surface area contributed by atoms with E-state index in [0.717, 1.165) is 26.0 Å². The Morgan fingerprint density at radius 2 is 2.00 bits per heavy atom. The molecule has 0 aliphatic carbocycles. The summed E-state index contributed by atoms with van der Waals surface area (Å²) in [5, 5.41) is 4.08. The molecule has 0 fully saturated rings. The van der Waals surface area contributed by atoms with Gasteiger partial charge < -0.3 is 10.5 Å². The molecule has 2 N–H and O–H groups in total. The zero-order chi connectivity index (χ0) is 12.6. The molecular formula is C13H18N4O. The van der Waals surface area contributed by atoms with Crippen molar-refractivity contribution in [2.45, 2.75) is 19.4 Å². The third-order valence-electron chi connectivity index (χ3n) is 2.63. The first-order valence-electron chi connectivity index (χ1n) is 6.10. The summed E-state index contributed by atoms with van der Waals surface area (Å²) in [4.78, 5) is 3.99. The number of rotatable bonds is 7. The van der Waals surface area contributed by atoms with Crippen molar-refractivity contribution in [1.29, 1.82) is 0 Å². The van der Waals surface area contributed by atoms with Crippen LogP contribution in [-0.2, 0) is 17.7 Å². The van der Waals surface area contributed by atoms with E-state index in [2.05, 4.69) is 10.1 Å². The third kappa shape index (κ3) is 4.18. The molecule has 2 heterocycles. The number of nitrogen functional groups attached to an aromatic ring is 1. The van der Waals surface area contributed by atoms with Gasteiger partial charge in [-0.2, -0.15) is 5.10 Å². The van der Waals surface area contributed by atoms with Gasteiger partial charge in [-0.1, -0.05) is 0 Å². The van der Waals surface area contributed by atoms with Crippen LogP contribution in [0.5, 0.6) is 0 Å². The smallest absolute Gasteiger partial charge is 0.145 e. The molecule has 0 atom stereocenters. The fourth-order valence-corrected chi connectivity index (χ4v) is 1.69. The maximum Gasteiger partial charge on any atom is 0.145 e. The first-order valence-corrected chi connectivity index (χ1v) is 6.10. The topological polar surface area (TPSA) is 66.0 Å². The lowest BCUT2D eigenvalue weighted by atomic mass is 10.1. The van der Waals surface area contributed by atoms with Gasteiger partial charge in [-0.25, -0.2) is 0 Å². The molecule has 2 rings (SSSR count). The van der Waals surface area contributed by atoms with Gasteiger partial charge in [0.15, 0.2) is 0 Å². The van der Waals surface area contributed by atoms with Crippen LogP contribution in [0.15, 0.2) is 36.8 Å². The van der Waals surface area contributed by atoms with Gasteiger partial charge in [0.2, 0.25) is 0 Å². The van der Waals surface area contributed by atoms with Crippen molar-refractivity contribution in [3.8, 4) is 0 Å². The molecule has 0 radical (unpaired) electrons. The molecule has 96 valence electrons. The van der Waals surface area contributed by atoms with Crippen LogP contribution in [0.25, 0.3) is 0 Å². The van der Waals surface area contributed by atoms with Crippen molar-refractivity contribution in [2.75, 3.05) is 18.9 Å². The lowest BCUT2D eigenvalue weighted by molar-refractivity contribution is 0.122. The van der Waals surface area contributed by atoms with E-state index < -0.39 is 0 Å². The summed E-state index contributed by atoms with van der Waals surface area (Å²) in [6.07, 6.45) is 7.54. The summed E-state index contributed by atoms with van der Waals surface area (Å²) in [5.74, 6) is 0.549. The number of aryl methyl sites for hydroxylation is 1. The van der Waals surface area contributed by atoms with Gasteiger partial charge in [0.1, 0.15) is 5.82 Å². The highest BCUT2D eigenvalue weighted by Crippen LogP contribution is 2.01. The lowest BCUT2D eigenvalue weighted by Gasteiger charge is -2.04. The number of aromatic nitrogens is 3. The Hall–Kier alpha value is -1.88. The van der Waals surface area contributed by atoms with E-state index in [1.807, 2.05) is 30.7 Å². The normalized spacial score (nSPS) is 10.7. The monoisotopic (exact) mass is 246 g/mol. The van der Waals surface area contributed by atoms with Crippen LogP contribution in [0, 0.1) is 0 Å². The first kappa shape index (κ1) is 12.6. The zero-order valence-corrected chi connectivity index (χ0v) is 10.3. The lowest BCUT2D eigenvalue weighted by Crippen LogP contribution is -2.08. The summed E-state index contributed by atoms with van der Waals surface area (Å²) in [6.45, 7) is 2.17. The van der Waals surface area contributed by atoms with Crippen molar-refractivity contribution < 1.29 is 4.74 Å². The van der Waals surface area contributed by atoms with Gasteiger partial charge >= 0.3 is 0 Å². The van der Waals surface area contributed by atoms with Crippen LogP contribution in [0.2, 0.25) is 0 Å². The van der Waals surface area contributed by atoms with Crippen LogP contribution >= 0.6 is 0 Å². The molecule has 0 amide bonds. The number of ether oxygens (including phenoxy) is 1. The Morgan fingerprint density at radius 3 is 2.72 bits per heavy atom. The van der Waals surface area contributed by atoms with Crippen LogP contribution in [-0.4, -0.2) is 28.0 Å². The molecule has 0 aromatic carbocycles. The zero-order valence-electron chi connectivity index (χ0n) is 10.3. The summed E-state index contributed by atoms with van der Waals surface area (Å²) in [6, 6.07) is 5.85. The van der Waals surface area contributed by atoms with Crippen LogP contribution in [0.1, 0.15) is 12.0 Å². The predicted molar refractivity (Wildman–Crippen MR) is 70.0 cm³/mol. The Balaban J connectivity index is 1.54. The first-order chi connectivity index (χ1) is 8.84. The molecule has 0 saturated heterocycles. The fraction of sp³-hybridized carbons (Fsp3) is 0.385. The maximum absolute atomic E-state index is 5.55. The van der Waals surface area contributed by atoms with Crippen molar-refractivity contribution >= 4 is 5.82 Å². The second kappa shape index (κ2) is 6.76. The quantitative estimate of drug-likeness (QED) is 0.752. The SMILES string of the molecule is Nc1ccn(CCOCCCc2ccncc2)n1. The van der Waals surface area contributed by atoms with Gasteiger partial charge in [-0.05, 0) is 36.6 Å². The van der Waals surface area contributed by atoms with E-state index in [4.69, 9.17) is 10.5 Å². The van der Waals surface area contributed by atoms with Crippen molar-refractivity contribution in [3.63, 3.8) is 0 Å². The third-order valence-corrected chi connectivity index (χ3v) is 2.63. The molecule has 0 spiro atoms. The highest BCUT2D eigenvalue weighted by Gasteiger charge is 1.95. The molecule has 0 aliphatic heterocycles. The number of nitrogens with zero attached hydrogens (tertiary/aromatic N) is 3. The van der Waals surface area contributed by atoms with Gasteiger partial charge in [0, 0.05) is 25.2 Å². The molecule has 2 aromatic rings. The molecule has 0 saturated carbocycles. The number of anilines is 1. The molecule has 2 aromatic heterocycles. The Morgan fingerprint density at radius 1 is 1.17 bits per heavy atom. The maximum atomic E-state index is 5.55. The number of pyridine rings is 1. The van der Waals surface area contributed by atoms with Crippen molar-refractivity contribution in [1.82, 2.24) is 14.8 Å². The molecule has 0 aliphatic rings. The van der Waals surface area contributed by atoms with Crippen LogP contribution < -0.4 is 5.73 Å². The largest absolute Gasteiger partial charge is 0.382 e. The minimum atomic E-state index is 0.549. The van der Waals surface area contributed by atoms with E-state index in [0.29, 0.717) is 12.4 Å². The number of hydrogen-bond acceptors (Lipinski definition) is 4. The van der Waals surface area contributed by atoms with E-state index in [-0.39, 0.29) is 0 Å². The standard InChI is InChI=1S/C13H18N4O/c14-13-5-8-17(16-13)9-11-18-10-1-2-12-3-6-15-7-4-12/h3-8H,1-2,9-11H2,(H2,14,16). The molecular weight excluding hydrogens is 228 g/mol. The molecule has 5 heteroatoms. The second-order valence-corrected chi connectivity index (χ2v) is 4.08. The molecule has 0 bridgehead atoms. The Labute approximate surface area is 107 Å². The highest BCUT2D eigenvalue weighted by molar-refractivity contribution is 5.23. The predicted octanol–water partition coefficient (Wildman–Crippen LogP) is 1.51. The molecule has 5 nitrogen and oxygen atoms in total. The van der Waals surface area contributed by atoms with Crippen LogP contribution in [0.3, 0.4) is 0 Å². The summed E-state index contributed by atoms with van der Waals surface area (Å²) < 4.78 is 7.34. The Kier molecular flexibility index (Phi) is 4.72. The Bertz CT molecular complexity index is 455. The molecule has 18 heavy (non-hydrogen) atoms. The highest BCUT2D eigenvalue weighted by atomic mass is 16.5. The van der Waals surface area contributed by atoms with Crippen molar-refractivity contribution in [2.24, 2.45) is 0 Å². The number of hydrogen-bond donors (Lipinski definition) is 1. The van der Waals surface area contributed by atoms with Gasteiger partial charge in [0.05, 0.1) is 13.2 Å². The van der Waals surface area contributed by atoms with Crippen LogP contribution in [0.4, 0.5) is 5.82 Å². The summed E-state index contributed by atoms with van der Waals surface area (Å²) in [7, 11) is 0. The minimum Gasteiger partial charge on any atom is -0.382 e. The second-order valence-electron chi connectivity index (χ2n) is 4.08. The van der Waals surface area contributed by atoms with E-state index >= 15 is 0 Å². The van der Waals surface area contributed by atoms with Crippen molar-refractivity contribution in [3.05, 3.63) is 42.4 Å². The average Bonchev–Trinajstić information content (AvgIpc) is 2.81. The fourth-order valence-electron chi connectivity index (χ4n) is 1.69. The number of nitrogens with two attached hydrogens (primary N) is 1. The van der Waals surface area contributed by atoms with Gasteiger partial charge in [-0.15, -0.1) is 0 Å². The van der Waals surface area contributed by atoms with E-state index in [9.17, 15) is 0 Å². The van der Waals surface area contributed by atoms with Gasteiger partial charge in [-0.3, -0.25) is 9.67 Å². The average molecular weight is 246 g/mol.